The summed E-state index contributed by atoms with van der Waals surface area (Å²) in [4.78, 5) is 11.4. The maximum Gasteiger partial charge on any atom is 0.137 e. The summed E-state index contributed by atoms with van der Waals surface area (Å²) < 4.78 is 0. The van der Waals surface area contributed by atoms with Crippen LogP contribution in [0.15, 0.2) is 6.07 Å². The van der Waals surface area contributed by atoms with E-state index in [4.69, 9.17) is 11.6 Å². The van der Waals surface area contributed by atoms with Crippen LogP contribution in [0.3, 0.4) is 0 Å². The molecule has 0 radical (unpaired) electrons. The fourth-order valence-electron chi connectivity index (χ4n) is 2.47. The number of aromatic nitrogens is 2. The summed E-state index contributed by atoms with van der Waals surface area (Å²) in [5, 5.41) is 3.88. The number of nitrogens with zero attached hydrogens (tertiary/aromatic N) is 3. The number of hydrogen-bond donors (Lipinski definition) is 1. The van der Waals surface area contributed by atoms with Gasteiger partial charge in [-0.3, -0.25) is 0 Å². The van der Waals surface area contributed by atoms with E-state index in [0.29, 0.717) is 5.15 Å². The van der Waals surface area contributed by atoms with Gasteiger partial charge in [-0.15, -0.1) is 0 Å². The standard InChI is InChI=1S/C16H27ClN4/c1-12-5-8-21(9-6-12)10-7-18-14-11-13(17)19-15(20-14)16(2,3)4/h11-12H,5-10H2,1-4H3,(H,18,19,20). The lowest BCUT2D eigenvalue weighted by Crippen LogP contribution is -2.36. The minimum Gasteiger partial charge on any atom is -0.369 e. The summed E-state index contributed by atoms with van der Waals surface area (Å²) in [6, 6.07) is 1.80. The largest absolute Gasteiger partial charge is 0.369 e. The molecule has 5 heteroatoms. The second kappa shape index (κ2) is 6.93. The molecule has 2 heterocycles. The van der Waals surface area contributed by atoms with Gasteiger partial charge < -0.3 is 10.2 Å². The van der Waals surface area contributed by atoms with Gasteiger partial charge in [0.1, 0.15) is 16.8 Å². The van der Waals surface area contributed by atoms with Crippen LogP contribution in [0.4, 0.5) is 5.82 Å². The van der Waals surface area contributed by atoms with Crippen LogP contribution < -0.4 is 5.32 Å². The van der Waals surface area contributed by atoms with Gasteiger partial charge in [-0.2, -0.15) is 0 Å². The zero-order chi connectivity index (χ0) is 15.5. The quantitative estimate of drug-likeness (QED) is 0.863. The van der Waals surface area contributed by atoms with Crippen molar-refractivity contribution in [2.24, 2.45) is 5.92 Å². The van der Waals surface area contributed by atoms with E-state index in [1.165, 1.54) is 25.9 Å². The number of nitrogens with one attached hydrogen (secondary N) is 1. The molecule has 1 aromatic heterocycles. The van der Waals surface area contributed by atoms with Crippen LogP contribution in [0.1, 0.15) is 46.4 Å². The van der Waals surface area contributed by atoms with Crippen LogP contribution in [0.5, 0.6) is 0 Å². The van der Waals surface area contributed by atoms with Crippen LogP contribution in [0.25, 0.3) is 0 Å². The molecule has 0 bridgehead atoms. The molecule has 2 rings (SSSR count). The number of piperidine rings is 1. The first-order valence-corrected chi connectivity index (χ1v) is 8.23. The van der Waals surface area contributed by atoms with Crippen molar-refractivity contribution in [1.82, 2.24) is 14.9 Å². The van der Waals surface area contributed by atoms with Gasteiger partial charge in [0, 0.05) is 24.6 Å². The van der Waals surface area contributed by atoms with E-state index in [1.807, 2.05) is 0 Å². The van der Waals surface area contributed by atoms with Crippen molar-refractivity contribution in [3.05, 3.63) is 17.0 Å². The first-order valence-electron chi connectivity index (χ1n) is 7.86. The SMILES string of the molecule is CC1CCN(CCNc2cc(Cl)nc(C(C)(C)C)n2)CC1. The molecule has 0 unspecified atom stereocenters. The molecule has 1 aromatic rings. The van der Waals surface area contributed by atoms with E-state index < -0.39 is 0 Å². The summed E-state index contributed by atoms with van der Waals surface area (Å²) in [6.07, 6.45) is 2.63. The normalized spacial score (nSPS) is 18.0. The molecule has 1 fully saturated rings. The van der Waals surface area contributed by atoms with E-state index in [0.717, 1.165) is 30.6 Å². The molecule has 0 amide bonds. The van der Waals surface area contributed by atoms with Gasteiger partial charge in [0.2, 0.25) is 0 Å². The monoisotopic (exact) mass is 310 g/mol. The molecule has 1 aliphatic rings. The Labute approximate surface area is 133 Å². The van der Waals surface area contributed by atoms with Crippen molar-refractivity contribution in [3.8, 4) is 0 Å². The van der Waals surface area contributed by atoms with Crippen molar-refractivity contribution >= 4 is 17.4 Å². The number of halogens is 1. The maximum absolute atomic E-state index is 6.10. The van der Waals surface area contributed by atoms with Gasteiger partial charge in [-0.05, 0) is 31.8 Å². The van der Waals surface area contributed by atoms with Crippen LogP contribution in [-0.4, -0.2) is 41.0 Å². The predicted molar refractivity (Wildman–Crippen MR) is 89.1 cm³/mol. The van der Waals surface area contributed by atoms with Gasteiger partial charge in [0.25, 0.3) is 0 Å². The number of likely N-dealkylation sites (tertiary alicyclic amines) is 1. The molecule has 1 aliphatic heterocycles. The number of hydrogen-bond acceptors (Lipinski definition) is 4. The topological polar surface area (TPSA) is 41.0 Å². The molecular weight excluding hydrogens is 284 g/mol. The number of rotatable bonds is 4. The molecule has 4 nitrogen and oxygen atoms in total. The lowest BCUT2D eigenvalue weighted by molar-refractivity contribution is 0.199. The van der Waals surface area contributed by atoms with Crippen LogP contribution >= 0.6 is 11.6 Å². The van der Waals surface area contributed by atoms with E-state index in [2.05, 4.69) is 47.9 Å². The molecular formula is C16H27ClN4. The van der Waals surface area contributed by atoms with Crippen molar-refractivity contribution in [2.45, 2.75) is 46.0 Å². The molecule has 0 spiro atoms. The first kappa shape index (κ1) is 16.5. The smallest absolute Gasteiger partial charge is 0.137 e. The Morgan fingerprint density at radius 3 is 2.57 bits per heavy atom. The lowest BCUT2D eigenvalue weighted by Gasteiger charge is -2.30. The Kier molecular flexibility index (Phi) is 5.44. The highest BCUT2D eigenvalue weighted by Crippen LogP contribution is 2.22. The van der Waals surface area contributed by atoms with Gasteiger partial charge in [0.15, 0.2) is 0 Å². The minimum absolute atomic E-state index is 0.0929. The van der Waals surface area contributed by atoms with Crippen molar-refractivity contribution in [1.29, 1.82) is 0 Å². The summed E-state index contributed by atoms with van der Waals surface area (Å²) in [6.45, 7) is 13.0. The molecule has 118 valence electrons. The van der Waals surface area contributed by atoms with Crippen molar-refractivity contribution in [2.75, 3.05) is 31.5 Å². The highest BCUT2D eigenvalue weighted by molar-refractivity contribution is 6.29. The van der Waals surface area contributed by atoms with E-state index in [-0.39, 0.29) is 5.41 Å². The molecule has 0 saturated carbocycles. The Morgan fingerprint density at radius 2 is 1.95 bits per heavy atom. The van der Waals surface area contributed by atoms with E-state index in [1.54, 1.807) is 6.07 Å². The predicted octanol–water partition coefficient (Wildman–Crippen LogP) is 3.57. The van der Waals surface area contributed by atoms with Gasteiger partial charge in [0.05, 0.1) is 0 Å². The Hall–Kier alpha value is -0.870. The zero-order valence-electron chi connectivity index (χ0n) is 13.6. The molecule has 1 N–H and O–H groups in total. The number of anilines is 1. The Balaban J connectivity index is 1.87. The average molecular weight is 311 g/mol. The third kappa shape index (κ3) is 5.11. The average Bonchev–Trinajstić information content (AvgIpc) is 2.39. The molecule has 1 saturated heterocycles. The van der Waals surface area contributed by atoms with Gasteiger partial charge in [-0.1, -0.05) is 39.3 Å². The minimum atomic E-state index is -0.0929. The molecule has 21 heavy (non-hydrogen) atoms. The highest BCUT2D eigenvalue weighted by atomic mass is 35.5. The molecule has 0 aromatic carbocycles. The second-order valence-electron chi connectivity index (χ2n) is 7.10. The van der Waals surface area contributed by atoms with Crippen molar-refractivity contribution in [3.63, 3.8) is 0 Å². The first-order chi connectivity index (χ1) is 9.84. The lowest BCUT2D eigenvalue weighted by atomic mass is 9.96. The molecule has 0 aliphatic carbocycles. The summed E-state index contributed by atoms with van der Waals surface area (Å²) >= 11 is 6.10. The van der Waals surface area contributed by atoms with Crippen LogP contribution in [0.2, 0.25) is 5.15 Å². The van der Waals surface area contributed by atoms with Gasteiger partial charge in [-0.25, -0.2) is 9.97 Å². The fourth-order valence-corrected chi connectivity index (χ4v) is 2.65. The maximum atomic E-state index is 6.10. The third-order valence-corrected chi connectivity index (χ3v) is 4.17. The van der Waals surface area contributed by atoms with Gasteiger partial charge >= 0.3 is 0 Å². The van der Waals surface area contributed by atoms with E-state index >= 15 is 0 Å². The zero-order valence-corrected chi connectivity index (χ0v) is 14.4. The third-order valence-electron chi connectivity index (χ3n) is 3.98. The highest BCUT2D eigenvalue weighted by Gasteiger charge is 2.19. The summed E-state index contributed by atoms with van der Waals surface area (Å²) in [7, 11) is 0. The molecule has 0 atom stereocenters. The van der Waals surface area contributed by atoms with Crippen LogP contribution in [0, 0.1) is 5.92 Å². The summed E-state index contributed by atoms with van der Waals surface area (Å²) in [5.41, 5.74) is -0.0929. The Morgan fingerprint density at radius 1 is 1.29 bits per heavy atom. The fraction of sp³-hybridized carbons (Fsp3) is 0.750. The second-order valence-corrected chi connectivity index (χ2v) is 7.49. The van der Waals surface area contributed by atoms with Crippen LogP contribution in [-0.2, 0) is 5.41 Å². The summed E-state index contributed by atoms with van der Waals surface area (Å²) in [5.74, 6) is 2.49. The Bertz CT molecular complexity index is 462. The van der Waals surface area contributed by atoms with E-state index in [9.17, 15) is 0 Å². The van der Waals surface area contributed by atoms with Crippen molar-refractivity contribution < 1.29 is 0 Å².